The highest BCUT2D eigenvalue weighted by Crippen LogP contribution is 2.21. The number of carbonyl (C=O) groups excluding carboxylic acids is 1. The molecule has 3 nitrogen and oxygen atoms in total. The molecule has 0 aromatic carbocycles. The Labute approximate surface area is 114 Å². The Balaban J connectivity index is 2.82. The predicted molar refractivity (Wildman–Crippen MR) is 74.6 cm³/mol. The molecule has 0 N–H and O–H groups in total. The topological polar surface area (TPSA) is 33.2 Å². The van der Waals surface area contributed by atoms with E-state index in [-0.39, 0.29) is 5.91 Å². The molecule has 1 aromatic rings. The molecule has 1 heterocycles. The highest BCUT2D eigenvalue weighted by molar-refractivity contribution is 6.19. The molecule has 1 rings (SSSR count). The normalized spacial score (nSPS) is 11.4. The molecule has 0 radical (unpaired) electrons. The Hall–Kier alpha value is -1.09. The summed E-state index contributed by atoms with van der Waals surface area (Å²) in [5, 5.41) is 0. The van der Waals surface area contributed by atoms with E-state index in [2.05, 4.69) is 4.98 Å². The predicted octanol–water partition coefficient (Wildman–Crippen LogP) is 3.00. The van der Waals surface area contributed by atoms with Gasteiger partial charge in [0.1, 0.15) is 0 Å². The number of pyridine rings is 1. The molecule has 0 aliphatic heterocycles. The molecule has 0 unspecified atom stereocenters. The van der Waals surface area contributed by atoms with Crippen LogP contribution in [0.15, 0.2) is 18.2 Å². The molecular formula is C14H21ClN2O. The third kappa shape index (κ3) is 3.70. The van der Waals surface area contributed by atoms with Crippen molar-refractivity contribution in [3.8, 4) is 0 Å². The Bertz CT molecular complexity index is 418. The highest BCUT2D eigenvalue weighted by atomic mass is 35.5. The summed E-state index contributed by atoms with van der Waals surface area (Å²) in [7, 11) is 0. The highest BCUT2D eigenvalue weighted by Gasteiger charge is 2.30. The number of hydrogen-bond acceptors (Lipinski definition) is 2. The van der Waals surface area contributed by atoms with E-state index < -0.39 is 5.41 Å². The number of nitrogens with zero attached hydrogens (tertiary/aromatic N) is 2. The lowest BCUT2D eigenvalue weighted by molar-refractivity contribution is -0.139. The smallest absolute Gasteiger partial charge is 0.229 e. The molecular weight excluding hydrogens is 248 g/mol. The van der Waals surface area contributed by atoms with Gasteiger partial charge in [0.15, 0.2) is 0 Å². The lowest BCUT2D eigenvalue weighted by Crippen LogP contribution is -2.41. The van der Waals surface area contributed by atoms with Crippen LogP contribution in [0, 0.1) is 12.3 Å². The van der Waals surface area contributed by atoms with Gasteiger partial charge in [0.05, 0.1) is 17.7 Å². The largest absolute Gasteiger partial charge is 0.337 e. The minimum absolute atomic E-state index is 0.0725. The van der Waals surface area contributed by atoms with Crippen LogP contribution in [0.2, 0.25) is 0 Å². The first-order chi connectivity index (χ1) is 8.40. The van der Waals surface area contributed by atoms with Crippen LogP contribution in [0.5, 0.6) is 0 Å². The summed E-state index contributed by atoms with van der Waals surface area (Å²) >= 11 is 5.85. The van der Waals surface area contributed by atoms with Crippen LogP contribution in [-0.4, -0.2) is 28.2 Å². The second-order valence-electron chi connectivity index (χ2n) is 5.11. The lowest BCUT2D eigenvalue weighted by Gasteiger charge is -2.29. The fourth-order valence-corrected chi connectivity index (χ4v) is 1.81. The number of halogens is 1. The van der Waals surface area contributed by atoms with Crippen molar-refractivity contribution in [2.24, 2.45) is 5.41 Å². The number of amides is 1. The van der Waals surface area contributed by atoms with Gasteiger partial charge in [-0.2, -0.15) is 0 Å². The fraction of sp³-hybridized carbons (Fsp3) is 0.571. The van der Waals surface area contributed by atoms with Gasteiger partial charge in [-0.3, -0.25) is 9.78 Å². The lowest BCUT2D eigenvalue weighted by atomic mass is 9.94. The number of hydrogen-bond donors (Lipinski definition) is 0. The van der Waals surface area contributed by atoms with Gasteiger partial charge >= 0.3 is 0 Å². The van der Waals surface area contributed by atoms with Crippen molar-refractivity contribution in [2.75, 3.05) is 12.4 Å². The van der Waals surface area contributed by atoms with Crippen LogP contribution in [0.3, 0.4) is 0 Å². The van der Waals surface area contributed by atoms with Gasteiger partial charge in [-0.25, -0.2) is 0 Å². The number of aryl methyl sites for hydroxylation is 1. The van der Waals surface area contributed by atoms with E-state index in [1.54, 1.807) is 4.90 Å². The standard InChI is InChI=1S/C14H21ClN2O/c1-5-17(13(18)14(3,4)10-15)9-12-8-6-7-11(2)16-12/h6-8H,5,9-10H2,1-4H3. The van der Waals surface area contributed by atoms with Gasteiger partial charge in [-0.15, -0.1) is 11.6 Å². The Morgan fingerprint density at radius 1 is 1.44 bits per heavy atom. The second-order valence-corrected chi connectivity index (χ2v) is 5.37. The SMILES string of the molecule is CCN(Cc1cccc(C)n1)C(=O)C(C)(C)CCl. The second kappa shape index (κ2) is 6.19. The maximum Gasteiger partial charge on any atom is 0.229 e. The van der Waals surface area contributed by atoms with Crippen molar-refractivity contribution in [1.82, 2.24) is 9.88 Å². The Kier molecular flexibility index (Phi) is 5.15. The quantitative estimate of drug-likeness (QED) is 0.769. The molecule has 18 heavy (non-hydrogen) atoms. The zero-order valence-electron chi connectivity index (χ0n) is 11.5. The van der Waals surface area contributed by atoms with E-state index in [9.17, 15) is 4.79 Å². The van der Waals surface area contributed by atoms with Crippen LogP contribution >= 0.6 is 11.6 Å². The minimum atomic E-state index is -0.526. The summed E-state index contributed by atoms with van der Waals surface area (Å²) in [5.74, 6) is 0.396. The van der Waals surface area contributed by atoms with Crippen molar-refractivity contribution < 1.29 is 4.79 Å². The minimum Gasteiger partial charge on any atom is -0.337 e. The molecule has 100 valence electrons. The van der Waals surface area contributed by atoms with Crippen molar-refractivity contribution in [3.63, 3.8) is 0 Å². The molecule has 0 bridgehead atoms. The summed E-state index contributed by atoms with van der Waals surface area (Å²) in [6, 6.07) is 5.85. The van der Waals surface area contributed by atoms with Crippen molar-refractivity contribution in [1.29, 1.82) is 0 Å². The maximum absolute atomic E-state index is 12.3. The molecule has 4 heteroatoms. The number of rotatable bonds is 5. The summed E-state index contributed by atoms with van der Waals surface area (Å²) in [4.78, 5) is 18.6. The van der Waals surface area contributed by atoms with Crippen LogP contribution < -0.4 is 0 Å². The first-order valence-corrected chi connectivity index (χ1v) is 6.72. The van der Waals surface area contributed by atoms with Gasteiger partial charge < -0.3 is 4.90 Å². The van der Waals surface area contributed by atoms with Gasteiger partial charge in [-0.1, -0.05) is 6.07 Å². The van der Waals surface area contributed by atoms with Crippen molar-refractivity contribution >= 4 is 17.5 Å². The fourth-order valence-electron chi connectivity index (χ4n) is 1.70. The molecule has 0 saturated heterocycles. The summed E-state index contributed by atoms with van der Waals surface area (Å²) < 4.78 is 0. The maximum atomic E-state index is 12.3. The third-order valence-corrected chi connectivity index (χ3v) is 3.55. The molecule has 1 aromatic heterocycles. The number of alkyl halides is 1. The third-order valence-electron chi connectivity index (χ3n) is 2.88. The van der Waals surface area contributed by atoms with Crippen molar-refractivity contribution in [3.05, 3.63) is 29.6 Å². The molecule has 0 fully saturated rings. The Morgan fingerprint density at radius 2 is 2.11 bits per heavy atom. The van der Waals surface area contributed by atoms with E-state index in [0.29, 0.717) is 19.0 Å². The Morgan fingerprint density at radius 3 is 2.61 bits per heavy atom. The average molecular weight is 269 g/mol. The van der Waals surface area contributed by atoms with E-state index in [4.69, 9.17) is 11.6 Å². The van der Waals surface area contributed by atoms with E-state index >= 15 is 0 Å². The van der Waals surface area contributed by atoms with Crippen LogP contribution in [-0.2, 0) is 11.3 Å². The van der Waals surface area contributed by atoms with Crippen LogP contribution in [0.4, 0.5) is 0 Å². The molecule has 1 amide bonds. The van der Waals surface area contributed by atoms with E-state index in [1.807, 2.05) is 45.9 Å². The first-order valence-electron chi connectivity index (χ1n) is 6.18. The molecule has 0 aliphatic carbocycles. The first kappa shape index (κ1) is 15.0. The average Bonchev–Trinajstić information content (AvgIpc) is 2.35. The number of carbonyl (C=O) groups is 1. The van der Waals surface area contributed by atoms with Crippen LogP contribution in [0.1, 0.15) is 32.2 Å². The monoisotopic (exact) mass is 268 g/mol. The van der Waals surface area contributed by atoms with Gasteiger partial charge in [0.2, 0.25) is 5.91 Å². The zero-order chi connectivity index (χ0) is 13.8. The number of aromatic nitrogens is 1. The van der Waals surface area contributed by atoms with Gasteiger partial charge in [0, 0.05) is 18.1 Å². The van der Waals surface area contributed by atoms with Gasteiger partial charge in [-0.05, 0) is 39.8 Å². The molecule has 0 saturated carbocycles. The summed E-state index contributed by atoms with van der Waals surface area (Å²) in [6.07, 6.45) is 0. The zero-order valence-corrected chi connectivity index (χ0v) is 12.3. The molecule has 0 atom stereocenters. The van der Waals surface area contributed by atoms with E-state index in [0.717, 1.165) is 11.4 Å². The summed E-state index contributed by atoms with van der Waals surface area (Å²) in [5.41, 5.74) is 1.35. The van der Waals surface area contributed by atoms with Crippen LogP contribution in [0.25, 0.3) is 0 Å². The molecule has 0 spiro atoms. The van der Waals surface area contributed by atoms with Crippen molar-refractivity contribution in [2.45, 2.75) is 34.2 Å². The van der Waals surface area contributed by atoms with Gasteiger partial charge in [0.25, 0.3) is 0 Å². The molecule has 0 aliphatic rings. The summed E-state index contributed by atoms with van der Waals surface area (Å²) in [6.45, 7) is 8.86. The van der Waals surface area contributed by atoms with E-state index in [1.165, 1.54) is 0 Å².